The Kier molecular flexibility index (Phi) is 7.10. The Labute approximate surface area is 150 Å². The van der Waals surface area contributed by atoms with Gasteiger partial charge in [-0.2, -0.15) is 0 Å². The summed E-state index contributed by atoms with van der Waals surface area (Å²) in [5.41, 5.74) is 7.93. The molecule has 0 aromatic heterocycles. The quantitative estimate of drug-likeness (QED) is 0.565. The summed E-state index contributed by atoms with van der Waals surface area (Å²) < 4.78 is 0. The Balaban J connectivity index is 1.91. The number of hydrogen-bond acceptors (Lipinski definition) is 2. The number of nitrogens with one attached hydrogen (secondary N) is 2. The third-order valence-corrected chi connectivity index (χ3v) is 4.63. The molecule has 2 rings (SSSR count). The van der Waals surface area contributed by atoms with Gasteiger partial charge in [0.05, 0.1) is 0 Å². The van der Waals surface area contributed by atoms with Gasteiger partial charge < -0.3 is 21.3 Å². The van der Waals surface area contributed by atoms with Crippen molar-refractivity contribution in [1.29, 1.82) is 0 Å². The molecular formula is C19H31N5O. The van der Waals surface area contributed by atoms with Crippen LogP contribution in [0.2, 0.25) is 0 Å². The minimum absolute atomic E-state index is 0.322. The molecule has 1 atom stereocenters. The number of rotatable bonds is 5. The number of benzene rings is 1. The summed E-state index contributed by atoms with van der Waals surface area (Å²) in [5, 5.41) is 6.81. The number of carbonyl (C=O) groups excluding carboxylic acids is 1. The number of amides is 2. The molecule has 1 unspecified atom stereocenters. The van der Waals surface area contributed by atoms with Crippen molar-refractivity contribution in [2.24, 2.45) is 10.7 Å². The van der Waals surface area contributed by atoms with Gasteiger partial charge >= 0.3 is 6.03 Å². The molecule has 1 aliphatic rings. The molecule has 1 aliphatic heterocycles. The second-order valence-electron chi connectivity index (χ2n) is 6.78. The van der Waals surface area contributed by atoms with Crippen LogP contribution in [0.5, 0.6) is 0 Å². The highest BCUT2D eigenvalue weighted by atomic mass is 16.2. The first-order valence-corrected chi connectivity index (χ1v) is 9.15. The lowest BCUT2D eigenvalue weighted by atomic mass is 10.00. The van der Waals surface area contributed by atoms with Crippen LogP contribution < -0.4 is 16.4 Å². The van der Waals surface area contributed by atoms with Gasteiger partial charge in [-0.3, -0.25) is 4.99 Å². The topological polar surface area (TPSA) is 82.8 Å². The highest BCUT2D eigenvalue weighted by Crippen LogP contribution is 2.16. The third kappa shape index (κ3) is 5.96. The van der Waals surface area contributed by atoms with E-state index in [1.807, 2.05) is 0 Å². The molecule has 1 aromatic rings. The van der Waals surface area contributed by atoms with Gasteiger partial charge in [-0.15, -0.1) is 0 Å². The maximum atomic E-state index is 11.2. The van der Waals surface area contributed by atoms with Crippen LogP contribution in [0, 0.1) is 6.92 Å². The van der Waals surface area contributed by atoms with Crippen LogP contribution in [-0.2, 0) is 0 Å². The first-order valence-electron chi connectivity index (χ1n) is 9.15. The standard InChI is InChI=1S/C19H31N5O/c1-4-21-19(23-17-8-10-24(11-9-17)18(20)25)22-13-15(3)16-7-5-6-14(2)12-16/h5-7,12,15,17H,4,8-11,13H2,1-3H3,(H2,20,25)(H2,21,22,23). The fourth-order valence-electron chi connectivity index (χ4n) is 3.07. The summed E-state index contributed by atoms with van der Waals surface area (Å²) in [5.74, 6) is 1.21. The van der Waals surface area contributed by atoms with E-state index < -0.39 is 0 Å². The minimum atomic E-state index is -0.328. The number of hydrogen-bond donors (Lipinski definition) is 3. The molecule has 0 spiro atoms. The van der Waals surface area contributed by atoms with E-state index in [-0.39, 0.29) is 6.03 Å². The SMILES string of the molecule is CCNC(=NCC(C)c1cccc(C)c1)NC1CCN(C(N)=O)CC1. The lowest BCUT2D eigenvalue weighted by Gasteiger charge is -2.32. The number of primary amides is 1. The third-order valence-electron chi connectivity index (χ3n) is 4.63. The Morgan fingerprint density at radius 2 is 2.12 bits per heavy atom. The second-order valence-corrected chi connectivity index (χ2v) is 6.78. The second kappa shape index (κ2) is 9.30. The maximum Gasteiger partial charge on any atom is 0.314 e. The van der Waals surface area contributed by atoms with E-state index in [0.717, 1.165) is 31.9 Å². The van der Waals surface area contributed by atoms with Crippen molar-refractivity contribution in [3.8, 4) is 0 Å². The maximum absolute atomic E-state index is 11.2. The van der Waals surface area contributed by atoms with Gasteiger partial charge in [0.2, 0.25) is 0 Å². The smallest absolute Gasteiger partial charge is 0.314 e. The highest BCUT2D eigenvalue weighted by molar-refractivity contribution is 5.80. The zero-order valence-corrected chi connectivity index (χ0v) is 15.6. The zero-order valence-electron chi connectivity index (χ0n) is 15.6. The molecule has 138 valence electrons. The Bertz CT molecular complexity index is 593. The zero-order chi connectivity index (χ0) is 18.2. The van der Waals surface area contributed by atoms with Crippen LogP contribution in [0.3, 0.4) is 0 Å². The van der Waals surface area contributed by atoms with Crippen molar-refractivity contribution < 1.29 is 4.79 Å². The first-order chi connectivity index (χ1) is 12.0. The number of nitrogens with two attached hydrogens (primary N) is 1. The van der Waals surface area contributed by atoms with Gasteiger partial charge in [0, 0.05) is 38.1 Å². The molecule has 1 saturated heterocycles. The van der Waals surface area contributed by atoms with E-state index >= 15 is 0 Å². The van der Waals surface area contributed by atoms with E-state index in [2.05, 4.69) is 55.7 Å². The van der Waals surface area contributed by atoms with Gasteiger partial charge in [-0.25, -0.2) is 4.79 Å². The van der Waals surface area contributed by atoms with E-state index in [9.17, 15) is 4.79 Å². The molecule has 0 saturated carbocycles. The molecule has 0 radical (unpaired) electrons. The van der Waals surface area contributed by atoms with Crippen LogP contribution in [0.4, 0.5) is 4.79 Å². The molecule has 1 heterocycles. The molecule has 0 aliphatic carbocycles. The van der Waals surface area contributed by atoms with E-state index in [4.69, 9.17) is 10.7 Å². The van der Waals surface area contributed by atoms with Crippen molar-refractivity contribution in [2.75, 3.05) is 26.2 Å². The van der Waals surface area contributed by atoms with Crippen LogP contribution in [0.15, 0.2) is 29.3 Å². The van der Waals surface area contributed by atoms with Gasteiger partial charge in [0.25, 0.3) is 0 Å². The minimum Gasteiger partial charge on any atom is -0.357 e. The number of nitrogens with zero attached hydrogens (tertiary/aromatic N) is 2. The summed E-state index contributed by atoms with van der Waals surface area (Å²) in [6.45, 7) is 9.34. The number of aryl methyl sites for hydroxylation is 1. The Morgan fingerprint density at radius 3 is 2.72 bits per heavy atom. The largest absolute Gasteiger partial charge is 0.357 e. The van der Waals surface area contributed by atoms with Crippen LogP contribution in [0.25, 0.3) is 0 Å². The predicted molar refractivity (Wildman–Crippen MR) is 103 cm³/mol. The number of piperidine rings is 1. The summed E-state index contributed by atoms with van der Waals surface area (Å²) in [6, 6.07) is 8.59. The van der Waals surface area contributed by atoms with Gasteiger partial charge in [0.1, 0.15) is 0 Å². The fraction of sp³-hybridized carbons (Fsp3) is 0.579. The summed E-state index contributed by atoms with van der Waals surface area (Å²) in [4.78, 5) is 17.7. The summed E-state index contributed by atoms with van der Waals surface area (Å²) in [6.07, 6.45) is 1.78. The Morgan fingerprint density at radius 1 is 1.40 bits per heavy atom. The number of guanidine groups is 1. The van der Waals surface area contributed by atoms with Crippen molar-refractivity contribution in [3.63, 3.8) is 0 Å². The first kappa shape index (κ1) is 19.1. The average Bonchev–Trinajstić information content (AvgIpc) is 2.60. The number of aliphatic imine (C=N–C) groups is 1. The predicted octanol–water partition coefficient (Wildman–Crippen LogP) is 2.20. The van der Waals surface area contributed by atoms with Gasteiger partial charge in [-0.05, 0) is 32.3 Å². The molecule has 25 heavy (non-hydrogen) atoms. The molecular weight excluding hydrogens is 314 g/mol. The fourth-order valence-corrected chi connectivity index (χ4v) is 3.07. The molecule has 1 aromatic carbocycles. The molecule has 6 heteroatoms. The van der Waals surface area contributed by atoms with Crippen molar-refractivity contribution >= 4 is 12.0 Å². The van der Waals surface area contributed by atoms with Gasteiger partial charge in [-0.1, -0.05) is 36.8 Å². The van der Waals surface area contributed by atoms with Gasteiger partial charge in [0.15, 0.2) is 5.96 Å². The highest BCUT2D eigenvalue weighted by Gasteiger charge is 2.21. The average molecular weight is 345 g/mol. The van der Waals surface area contributed by atoms with Crippen molar-refractivity contribution in [2.45, 2.75) is 45.6 Å². The van der Waals surface area contributed by atoms with Crippen molar-refractivity contribution in [1.82, 2.24) is 15.5 Å². The number of urea groups is 1. The number of likely N-dealkylation sites (tertiary alicyclic amines) is 1. The van der Waals surface area contributed by atoms with Crippen molar-refractivity contribution in [3.05, 3.63) is 35.4 Å². The van der Waals surface area contributed by atoms with E-state index in [1.165, 1.54) is 11.1 Å². The molecule has 0 bridgehead atoms. The van der Waals surface area contributed by atoms with E-state index in [0.29, 0.717) is 25.0 Å². The number of carbonyl (C=O) groups is 1. The summed E-state index contributed by atoms with van der Waals surface area (Å²) >= 11 is 0. The molecule has 4 N–H and O–H groups in total. The summed E-state index contributed by atoms with van der Waals surface area (Å²) in [7, 11) is 0. The molecule has 2 amide bonds. The normalized spacial score (nSPS) is 17.2. The van der Waals surface area contributed by atoms with Crippen LogP contribution >= 0.6 is 0 Å². The van der Waals surface area contributed by atoms with Crippen LogP contribution in [0.1, 0.15) is 43.7 Å². The lowest BCUT2D eigenvalue weighted by molar-refractivity contribution is 0.188. The monoisotopic (exact) mass is 345 g/mol. The Hall–Kier alpha value is -2.24. The lowest BCUT2D eigenvalue weighted by Crippen LogP contribution is -2.50. The van der Waals surface area contributed by atoms with E-state index in [1.54, 1.807) is 4.90 Å². The molecule has 1 fully saturated rings. The molecule has 6 nitrogen and oxygen atoms in total. The van der Waals surface area contributed by atoms with Crippen LogP contribution in [-0.4, -0.2) is 49.1 Å².